The number of morpholine rings is 1. The van der Waals surface area contributed by atoms with E-state index in [1.54, 1.807) is 17.6 Å². The van der Waals surface area contributed by atoms with Crippen molar-refractivity contribution in [2.24, 2.45) is 0 Å². The van der Waals surface area contributed by atoms with Gasteiger partial charge in [0.25, 0.3) is 5.91 Å². The van der Waals surface area contributed by atoms with Gasteiger partial charge in [-0.05, 0) is 38.7 Å². The fourth-order valence-corrected chi connectivity index (χ4v) is 5.97. The topological polar surface area (TPSA) is 67.6 Å². The first kappa shape index (κ1) is 19.9. The molecule has 28 heavy (non-hydrogen) atoms. The molecular formula is C20H27N3O3S2. The first-order chi connectivity index (χ1) is 13.7. The highest BCUT2D eigenvalue weighted by molar-refractivity contribution is 8.01. The highest BCUT2D eigenvalue weighted by Crippen LogP contribution is 2.35. The largest absolute Gasteiger partial charge is 0.467 e. The van der Waals surface area contributed by atoms with Crippen LogP contribution < -0.4 is 5.32 Å². The summed E-state index contributed by atoms with van der Waals surface area (Å²) in [4.78, 5) is 19.4. The molecule has 3 heterocycles. The van der Waals surface area contributed by atoms with Crippen molar-refractivity contribution in [1.29, 1.82) is 0 Å². The van der Waals surface area contributed by atoms with Gasteiger partial charge in [-0.1, -0.05) is 11.8 Å². The summed E-state index contributed by atoms with van der Waals surface area (Å²) in [6.07, 6.45) is 5.85. The minimum atomic E-state index is -0.0244. The number of hydrogen-bond acceptors (Lipinski definition) is 7. The molecule has 1 saturated carbocycles. The van der Waals surface area contributed by atoms with E-state index in [2.05, 4.69) is 20.6 Å². The van der Waals surface area contributed by atoms with Gasteiger partial charge in [-0.3, -0.25) is 9.69 Å². The molecule has 1 saturated heterocycles. The van der Waals surface area contributed by atoms with Crippen molar-refractivity contribution >= 4 is 29.0 Å². The van der Waals surface area contributed by atoms with Crippen molar-refractivity contribution in [2.75, 3.05) is 26.3 Å². The molecule has 0 spiro atoms. The molecule has 0 aromatic carbocycles. The van der Waals surface area contributed by atoms with Crippen LogP contribution in [0.3, 0.4) is 0 Å². The lowest BCUT2D eigenvalue weighted by Crippen LogP contribution is -2.38. The average molecular weight is 422 g/mol. The van der Waals surface area contributed by atoms with Crippen molar-refractivity contribution in [3.05, 3.63) is 34.7 Å². The number of nitrogens with one attached hydrogen (secondary N) is 1. The number of aromatic nitrogens is 1. The molecule has 0 bridgehead atoms. The molecule has 8 heteroatoms. The Morgan fingerprint density at radius 3 is 2.82 bits per heavy atom. The van der Waals surface area contributed by atoms with Gasteiger partial charge in [0.2, 0.25) is 0 Å². The molecule has 4 rings (SSSR count). The van der Waals surface area contributed by atoms with Crippen molar-refractivity contribution in [3.8, 4) is 0 Å². The van der Waals surface area contributed by atoms with Crippen LogP contribution in [-0.4, -0.2) is 53.4 Å². The monoisotopic (exact) mass is 421 g/mol. The number of ether oxygens (including phenoxy) is 1. The molecule has 152 valence electrons. The van der Waals surface area contributed by atoms with Crippen LogP contribution in [0.1, 0.15) is 47.5 Å². The van der Waals surface area contributed by atoms with Gasteiger partial charge in [-0.15, -0.1) is 11.3 Å². The summed E-state index contributed by atoms with van der Waals surface area (Å²) in [6.45, 7) is 6.10. The zero-order chi connectivity index (χ0) is 19.3. The molecule has 2 aromatic heterocycles. The predicted octanol–water partition coefficient (Wildman–Crippen LogP) is 3.71. The zero-order valence-electron chi connectivity index (χ0n) is 16.2. The van der Waals surface area contributed by atoms with Gasteiger partial charge >= 0.3 is 0 Å². The number of rotatable bonds is 6. The molecule has 1 aliphatic heterocycles. The van der Waals surface area contributed by atoms with E-state index in [4.69, 9.17) is 9.15 Å². The van der Waals surface area contributed by atoms with E-state index >= 15 is 0 Å². The summed E-state index contributed by atoms with van der Waals surface area (Å²) >= 11 is 3.62. The molecule has 1 N–H and O–H groups in total. The number of carbonyl (C=O) groups is 1. The summed E-state index contributed by atoms with van der Waals surface area (Å²) in [6, 6.07) is 2.12. The summed E-state index contributed by atoms with van der Waals surface area (Å²) < 4.78 is 12.1. The maximum atomic E-state index is 12.6. The first-order valence-electron chi connectivity index (χ1n) is 9.93. The number of amides is 1. The Morgan fingerprint density at radius 2 is 2.11 bits per heavy atom. The van der Waals surface area contributed by atoms with Crippen LogP contribution >= 0.6 is 23.1 Å². The fraction of sp³-hybridized carbons (Fsp3) is 0.600. The molecule has 6 nitrogen and oxygen atoms in total. The van der Waals surface area contributed by atoms with Crippen LogP contribution in [0.2, 0.25) is 0 Å². The molecule has 1 aliphatic carbocycles. The molecule has 0 unspecified atom stereocenters. The second-order valence-electron chi connectivity index (χ2n) is 7.51. The Balaban J connectivity index is 1.22. The summed E-state index contributed by atoms with van der Waals surface area (Å²) in [5.41, 5.74) is 1.72. The lowest BCUT2D eigenvalue weighted by atomic mass is 9.95. The van der Waals surface area contributed by atoms with Crippen molar-refractivity contribution in [2.45, 2.75) is 54.8 Å². The number of aryl methyl sites for hydroxylation is 1. The molecular weight excluding hydrogens is 394 g/mol. The van der Waals surface area contributed by atoms with Crippen LogP contribution in [0.4, 0.5) is 0 Å². The molecule has 0 atom stereocenters. The van der Waals surface area contributed by atoms with E-state index in [9.17, 15) is 4.79 Å². The van der Waals surface area contributed by atoms with Crippen molar-refractivity contribution < 1.29 is 13.9 Å². The third-order valence-corrected chi connectivity index (χ3v) is 7.70. The normalized spacial score (nSPS) is 23.6. The van der Waals surface area contributed by atoms with Gasteiger partial charge < -0.3 is 14.5 Å². The Morgan fingerprint density at radius 1 is 1.32 bits per heavy atom. The molecule has 0 radical (unpaired) electrons. The van der Waals surface area contributed by atoms with E-state index in [1.807, 2.05) is 24.8 Å². The Labute approximate surface area is 174 Å². The Kier molecular flexibility index (Phi) is 6.72. The number of thiazole rings is 1. The van der Waals surface area contributed by atoms with Crippen molar-refractivity contribution in [3.63, 3.8) is 0 Å². The average Bonchev–Trinajstić information content (AvgIpc) is 3.33. The van der Waals surface area contributed by atoms with Gasteiger partial charge in [0.15, 0.2) is 0 Å². The number of hydrogen-bond donors (Lipinski definition) is 1. The zero-order valence-corrected chi connectivity index (χ0v) is 17.8. The van der Waals surface area contributed by atoms with Gasteiger partial charge in [0.1, 0.15) is 16.4 Å². The quantitative estimate of drug-likeness (QED) is 0.767. The lowest BCUT2D eigenvalue weighted by molar-refractivity contribution is 0.0313. The second kappa shape index (κ2) is 9.43. The van der Waals surface area contributed by atoms with Crippen LogP contribution in [0.5, 0.6) is 0 Å². The van der Waals surface area contributed by atoms with E-state index in [1.165, 1.54) is 0 Å². The minimum absolute atomic E-state index is 0.0244. The summed E-state index contributed by atoms with van der Waals surface area (Å²) in [7, 11) is 0. The third-order valence-electron chi connectivity index (χ3n) is 5.27. The van der Waals surface area contributed by atoms with Gasteiger partial charge in [0.05, 0.1) is 25.3 Å². The summed E-state index contributed by atoms with van der Waals surface area (Å²) in [5.74, 6) is 0.814. The molecule has 2 fully saturated rings. The highest BCUT2D eigenvalue weighted by atomic mass is 32.2. The maximum Gasteiger partial charge on any atom is 0.254 e. The number of furan rings is 1. The van der Waals surface area contributed by atoms with Gasteiger partial charge in [-0.25, -0.2) is 4.98 Å². The first-order valence-corrected chi connectivity index (χ1v) is 11.7. The van der Waals surface area contributed by atoms with E-state index in [0.717, 1.165) is 74.3 Å². The lowest BCUT2D eigenvalue weighted by Gasteiger charge is -2.28. The van der Waals surface area contributed by atoms with E-state index in [-0.39, 0.29) is 11.9 Å². The van der Waals surface area contributed by atoms with Crippen LogP contribution in [0.15, 0.2) is 26.5 Å². The standard InChI is InChI=1S/C20H27N3O3S2/c1-14-13-27-20(21-14)28-18-4-2-16(3-5-18)22-19(24)15-10-17(26-12-15)11-23-6-8-25-9-7-23/h10,12-13,16,18H,2-9,11H2,1H3,(H,22,24). The third kappa shape index (κ3) is 5.37. The van der Waals surface area contributed by atoms with Gasteiger partial charge in [0, 0.05) is 35.5 Å². The second-order valence-corrected chi connectivity index (χ2v) is 9.92. The Bertz CT molecular complexity index is 777. The van der Waals surface area contributed by atoms with Crippen LogP contribution in [0.25, 0.3) is 0 Å². The fourth-order valence-electron chi connectivity index (χ4n) is 3.69. The molecule has 1 amide bonds. The molecule has 2 aromatic rings. The SMILES string of the molecule is Cc1csc(SC2CCC(NC(=O)c3coc(CN4CCOCC4)c3)CC2)n1. The number of nitrogens with zero attached hydrogens (tertiary/aromatic N) is 2. The molecule has 2 aliphatic rings. The number of carbonyl (C=O) groups excluding carboxylic acids is 1. The number of thioether (sulfide) groups is 1. The van der Waals surface area contributed by atoms with Crippen LogP contribution in [0, 0.1) is 6.92 Å². The Hall–Kier alpha value is -1.35. The van der Waals surface area contributed by atoms with Crippen LogP contribution in [-0.2, 0) is 11.3 Å². The maximum absolute atomic E-state index is 12.6. The summed E-state index contributed by atoms with van der Waals surface area (Å²) in [5, 5.41) is 5.89. The van der Waals surface area contributed by atoms with E-state index < -0.39 is 0 Å². The van der Waals surface area contributed by atoms with Gasteiger partial charge in [-0.2, -0.15) is 0 Å². The van der Waals surface area contributed by atoms with Crippen molar-refractivity contribution in [1.82, 2.24) is 15.2 Å². The smallest absolute Gasteiger partial charge is 0.254 e. The van der Waals surface area contributed by atoms with E-state index in [0.29, 0.717) is 10.8 Å². The predicted molar refractivity (Wildman–Crippen MR) is 111 cm³/mol. The highest BCUT2D eigenvalue weighted by Gasteiger charge is 2.25. The minimum Gasteiger partial charge on any atom is -0.467 e.